The number of nitrogens with zero attached hydrogens (tertiary/aromatic N) is 1. The Kier molecular flexibility index (Phi) is 3.50. The molecule has 0 bridgehead atoms. The van der Waals surface area contributed by atoms with E-state index in [1.807, 2.05) is 0 Å². The fourth-order valence-electron chi connectivity index (χ4n) is 1.48. The number of imide groups is 1. The van der Waals surface area contributed by atoms with E-state index in [-0.39, 0.29) is 19.0 Å². The van der Waals surface area contributed by atoms with Crippen molar-refractivity contribution in [1.29, 1.82) is 0 Å². The van der Waals surface area contributed by atoms with Gasteiger partial charge in [-0.3, -0.25) is 24.5 Å². The predicted octanol–water partition coefficient (Wildman–Crippen LogP) is -1.61. The second-order valence-electron chi connectivity index (χ2n) is 4.33. The van der Waals surface area contributed by atoms with Gasteiger partial charge in [0, 0.05) is 6.92 Å². The van der Waals surface area contributed by atoms with Gasteiger partial charge in [0.05, 0.1) is 6.54 Å². The molecule has 1 rings (SSSR count). The van der Waals surface area contributed by atoms with Crippen molar-refractivity contribution in [3.05, 3.63) is 0 Å². The molecule has 2 N–H and O–H groups in total. The first kappa shape index (κ1) is 13.1. The van der Waals surface area contributed by atoms with Crippen molar-refractivity contribution < 1.29 is 19.2 Å². The molecule has 0 aromatic heterocycles. The third kappa shape index (κ3) is 2.80. The van der Waals surface area contributed by atoms with Crippen molar-refractivity contribution in [3.8, 4) is 0 Å². The lowest BCUT2D eigenvalue weighted by molar-refractivity contribution is -0.155. The zero-order valence-electron chi connectivity index (χ0n) is 9.99. The minimum absolute atomic E-state index is 0.183. The summed E-state index contributed by atoms with van der Waals surface area (Å²) in [5.74, 6) is -1.85. The summed E-state index contributed by atoms with van der Waals surface area (Å²) >= 11 is 0. The third-order valence-corrected chi connectivity index (χ3v) is 2.57. The van der Waals surface area contributed by atoms with E-state index >= 15 is 0 Å². The first-order valence-corrected chi connectivity index (χ1v) is 5.14. The minimum Gasteiger partial charge on any atom is -0.347 e. The number of carbonyl (C=O) groups excluding carboxylic acids is 4. The summed E-state index contributed by atoms with van der Waals surface area (Å²) in [6.07, 6.45) is 0. The summed E-state index contributed by atoms with van der Waals surface area (Å²) in [4.78, 5) is 46.4. The van der Waals surface area contributed by atoms with Crippen molar-refractivity contribution in [1.82, 2.24) is 15.5 Å². The van der Waals surface area contributed by atoms with Gasteiger partial charge in [-0.2, -0.15) is 0 Å². The van der Waals surface area contributed by atoms with E-state index < -0.39 is 23.3 Å². The number of rotatable bonds is 2. The molecule has 0 spiro atoms. The van der Waals surface area contributed by atoms with E-state index in [9.17, 15) is 19.2 Å². The van der Waals surface area contributed by atoms with E-state index in [0.717, 1.165) is 4.90 Å². The number of hydrogen-bond donors (Lipinski definition) is 2. The largest absolute Gasteiger partial charge is 0.347 e. The molecule has 0 aliphatic carbocycles. The van der Waals surface area contributed by atoms with Crippen LogP contribution >= 0.6 is 0 Å². The Morgan fingerprint density at radius 1 is 1.41 bits per heavy atom. The van der Waals surface area contributed by atoms with Crippen LogP contribution in [0.1, 0.15) is 20.8 Å². The number of hydrogen-bond acceptors (Lipinski definition) is 4. The Labute approximate surface area is 98.5 Å². The number of amides is 4. The van der Waals surface area contributed by atoms with Gasteiger partial charge in [0.15, 0.2) is 0 Å². The van der Waals surface area contributed by atoms with Crippen LogP contribution in [-0.2, 0) is 19.2 Å². The summed E-state index contributed by atoms with van der Waals surface area (Å²) in [6, 6.07) is 0. The average Bonchev–Trinajstić information content (AvgIpc) is 2.20. The first-order chi connectivity index (χ1) is 7.75. The van der Waals surface area contributed by atoms with Crippen LogP contribution in [0.15, 0.2) is 0 Å². The fourth-order valence-corrected chi connectivity index (χ4v) is 1.48. The lowest BCUT2D eigenvalue weighted by Crippen LogP contribution is -2.66. The molecule has 1 aliphatic rings. The van der Waals surface area contributed by atoms with Crippen LogP contribution in [0.2, 0.25) is 0 Å². The van der Waals surface area contributed by atoms with Gasteiger partial charge in [-0.05, 0) is 13.8 Å². The maximum absolute atomic E-state index is 11.8. The smallest absolute Gasteiger partial charge is 0.252 e. The van der Waals surface area contributed by atoms with Crippen LogP contribution in [0.3, 0.4) is 0 Å². The van der Waals surface area contributed by atoms with Gasteiger partial charge in [0.25, 0.3) is 5.91 Å². The lowest BCUT2D eigenvalue weighted by Gasteiger charge is -2.40. The molecule has 0 radical (unpaired) electrons. The van der Waals surface area contributed by atoms with Crippen LogP contribution < -0.4 is 10.6 Å². The molecule has 7 nitrogen and oxygen atoms in total. The molecule has 0 atom stereocenters. The van der Waals surface area contributed by atoms with E-state index in [1.165, 1.54) is 6.92 Å². The summed E-state index contributed by atoms with van der Waals surface area (Å²) < 4.78 is 0. The molecule has 94 valence electrons. The Bertz CT molecular complexity index is 389. The molecule has 1 heterocycles. The molecule has 0 unspecified atom stereocenters. The first-order valence-electron chi connectivity index (χ1n) is 5.14. The Hall–Kier alpha value is -1.92. The molecule has 1 fully saturated rings. The van der Waals surface area contributed by atoms with Crippen LogP contribution in [-0.4, -0.2) is 47.2 Å². The molecule has 1 saturated heterocycles. The highest BCUT2D eigenvalue weighted by Crippen LogP contribution is 2.17. The Morgan fingerprint density at radius 3 is 2.53 bits per heavy atom. The van der Waals surface area contributed by atoms with E-state index in [2.05, 4.69) is 10.6 Å². The van der Waals surface area contributed by atoms with E-state index in [0.29, 0.717) is 0 Å². The van der Waals surface area contributed by atoms with Crippen molar-refractivity contribution in [3.63, 3.8) is 0 Å². The van der Waals surface area contributed by atoms with Crippen molar-refractivity contribution in [2.75, 3.05) is 13.1 Å². The maximum Gasteiger partial charge on any atom is 0.252 e. The number of nitrogens with one attached hydrogen (secondary N) is 2. The molecule has 17 heavy (non-hydrogen) atoms. The van der Waals surface area contributed by atoms with Gasteiger partial charge >= 0.3 is 0 Å². The highest BCUT2D eigenvalue weighted by Gasteiger charge is 2.43. The van der Waals surface area contributed by atoms with Crippen LogP contribution in [0, 0.1) is 0 Å². The second-order valence-corrected chi connectivity index (χ2v) is 4.33. The highest BCUT2D eigenvalue weighted by molar-refractivity contribution is 6.06. The molecule has 7 heteroatoms. The zero-order chi connectivity index (χ0) is 13.2. The monoisotopic (exact) mass is 241 g/mol. The van der Waals surface area contributed by atoms with Crippen LogP contribution in [0.25, 0.3) is 0 Å². The van der Waals surface area contributed by atoms with E-state index in [4.69, 9.17) is 0 Å². The van der Waals surface area contributed by atoms with Crippen LogP contribution in [0.4, 0.5) is 0 Å². The molecule has 4 amide bonds. The number of piperazine rings is 1. The molecule has 1 aliphatic heterocycles. The van der Waals surface area contributed by atoms with Crippen molar-refractivity contribution in [2.45, 2.75) is 26.3 Å². The van der Waals surface area contributed by atoms with Gasteiger partial charge in [-0.15, -0.1) is 0 Å². The lowest BCUT2D eigenvalue weighted by atomic mass is 9.98. The van der Waals surface area contributed by atoms with Crippen molar-refractivity contribution in [2.24, 2.45) is 0 Å². The second kappa shape index (κ2) is 4.52. The summed E-state index contributed by atoms with van der Waals surface area (Å²) in [5, 5.41) is 4.50. The average molecular weight is 241 g/mol. The minimum atomic E-state index is -1.09. The molecular formula is C10H15N3O4. The third-order valence-electron chi connectivity index (χ3n) is 2.57. The van der Waals surface area contributed by atoms with Gasteiger partial charge in [-0.25, -0.2) is 0 Å². The highest BCUT2D eigenvalue weighted by atomic mass is 16.2. The summed E-state index contributed by atoms with van der Waals surface area (Å²) in [7, 11) is 0. The summed E-state index contributed by atoms with van der Waals surface area (Å²) in [5.41, 5.74) is -1.09. The molecule has 0 saturated carbocycles. The Morgan fingerprint density at radius 2 is 2.00 bits per heavy atom. The summed E-state index contributed by atoms with van der Waals surface area (Å²) in [6.45, 7) is 3.96. The fraction of sp³-hybridized carbons (Fsp3) is 0.600. The zero-order valence-corrected chi connectivity index (χ0v) is 9.99. The van der Waals surface area contributed by atoms with Crippen LogP contribution in [0.5, 0.6) is 0 Å². The Balaban J connectivity index is 2.79. The maximum atomic E-state index is 11.8. The van der Waals surface area contributed by atoms with Gasteiger partial charge < -0.3 is 10.2 Å². The molecule has 0 aromatic rings. The predicted molar refractivity (Wildman–Crippen MR) is 57.6 cm³/mol. The van der Waals surface area contributed by atoms with Gasteiger partial charge in [0.1, 0.15) is 12.1 Å². The standard InChI is InChI=1S/C10H15N3O4/c1-6(14)11-4-8(16)13-5-7(15)12-9(17)10(13,2)3/h4-5H2,1-3H3,(H,11,14)(H,12,15,17). The van der Waals surface area contributed by atoms with E-state index in [1.54, 1.807) is 13.8 Å². The van der Waals surface area contributed by atoms with Gasteiger partial charge in [0.2, 0.25) is 17.7 Å². The number of carbonyl (C=O) groups is 4. The SMILES string of the molecule is CC(=O)NCC(=O)N1CC(=O)NC(=O)C1(C)C. The normalized spacial score (nSPS) is 18.6. The topological polar surface area (TPSA) is 95.6 Å². The van der Waals surface area contributed by atoms with Crippen molar-refractivity contribution >= 4 is 23.6 Å². The van der Waals surface area contributed by atoms with Gasteiger partial charge in [-0.1, -0.05) is 0 Å². The molecule has 0 aromatic carbocycles. The quantitative estimate of drug-likeness (QED) is 0.568. The molecular weight excluding hydrogens is 226 g/mol.